The number of nitrogens with one attached hydrogen (secondary N) is 1. The van der Waals surface area contributed by atoms with Crippen LogP contribution < -0.4 is 10.1 Å². The zero-order valence-electron chi connectivity index (χ0n) is 13.4. The van der Waals surface area contributed by atoms with E-state index in [4.69, 9.17) is 4.74 Å². The summed E-state index contributed by atoms with van der Waals surface area (Å²) in [6.45, 7) is 3.32. The Balaban J connectivity index is 1.46. The molecule has 0 bridgehead atoms. The predicted molar refractivity (Wildman–Crippen MR) is 91.9 cm³/mol. The summed E-state index contributed by atoms with van der Waals surface area (Å²) in [5, 5.41) is 6.28. The Bertz CT molecular complexity index is 669. The quantitative estimate of drug-likeness (QED) is 0.857. The molecule has 0 saturated carbocycles. The van der Waals surface area contributed by atoms with Crippen molar-refractivity contribution < 1.29 is 9.53 Å². The van der Waals surface area contributed by atoms with E-state index in [1.54, 1.807) is 11.3 Å². The summed E-state index contributed by atoms with van der Waals surface area (Å²) < 4.78 is 5.73. The molecule has 0 radical (unpaired) electrons. The molecule has 0 fully saturated rings. The van der Waals surface area contributed by atoms with Gasteiger partial charge in [0, 0.05) is 30.0 Å². The van der Waals surface area contributed by atoms with Crippen LogP contribution in [0, 0.1) is 12.8 Å². The lowest BCUT2D eigenvalue weighted by Gasteiger charge is -2.13. The molecule has 4 nitrogen and oxygen atoms in total. The Kier molecular flexibility index (Phi) is 5.28. The Labute approximate surface area is 140 Å². The van der Waals surface area contributed by atoms with Crippen molar-refractivity contribution in [2.45, 2.75) is 32.6 Å². The number of hydrogen-bond acceptors (Lipinski definition) is 4. The Morgan fingerprint density at radius 1 is 1.43 bits per heavy atom. The average Bonchev–Trinajstić information content (AvgIpc) is 2.84. The van der Waals surface area contributed by atoms with Gasteiger partial charge in [-0.3, -0.25) is 4.79 Å². The molecule has 1 aromatic heterocycles. The molecule has 1 aromatic carbocycles. The largest absolute Gasteiger partial charge is 0.493 e. The third kappa shape index (κ3) is 4.32. The molecule has 23 heavy (non-hydrogen) atoms. The van der Waals surface area contributed by atoms with Crippen LogP contribution in [0.1, 0.15) is 29.1 Å². The minimum atomic E-state index is 0.000701. The van der Waals surface area contributed by atoms with Gasteiger partial charge in [-0.15, -0.1) is 11.3 Å². The average molecular weight is 330 g/mol. The summed E-state index contributed by atoms with van der Waals surface area (Å²) in [6, 6.07) is 8.00. The number of carbonyl (C=O) groups excluding carboxylic acids is 1. The van der Waals surface area contributed by atoms with Gasteiger partial charge in [0.2, 0.25) is 5.91 Å². The zero-order chi connectivity index (χ0) is 16.1. The molecule has 0 unspecified atom stereocenters. The number of hydrogen-bond donors (Lipinski definition) is 1. The van der Waals surface area contributed by atoms with Gasteiger partial charge in [0.15, 0.2) is 0 Å². The van der Waals surface area contributed by atoms with E-state index < -0.39 is 0 Å². The van der Waals surface area contributed by atoms with Gasteiger partial charge < -0.3 is 10.1 Å². The maximum absolute atomic E-state index is 12.4. The summed E-state index contributed by atoms with van der Waals surface area (Å²) in [6.07, 6.45) is 3.38. The summed E-state index contributed by atoms with van der Waals surface area (Å²) >= 11 is 1.69. The molecule has 0 aliphatic carbocycles. The van der Waals surface area contributed by atoms with E-state index in [9.17, 15) is 4.79 Å². The lowest BCUT2D eigenvalue weighted by Crippen LogP contribution is -2.33. The number of thiazole rings is 1. The van der Waals surface area contributed by atoms with Crippen LogP contribution in [0.3, 0.4) is 0 Å². The highest BCUT2D eigenvalue weighted by molar-refractivity contribution is 7.09. The fourth-order valence-corrected chi connectivity index (χ4v) is 3.65. The van der Waals surface area contributed by atoms with Gasteiger partial charge in [-0.2, -0.15) is 0 Å². The third-order valence-corrected chi connectivity index (χ3v) is 5.09. The minimum absolute atomic E-state index is 0.000701. The van der Waals surface area contributed by atoms with Crippen molar-refractivity contribution >= 4 is 17.2 Å². The standard InChI is InChI=1S/C18H22N2O2S/c1-13-12-23-17(20-13)7-4-9-19-18(21)15-8-10-22-16-6-3-2-5-14(16)11-15/h2-3,5-6,12,15H,4,7-11H2,1H3,(H,19,21)/t15-/m1/s1. The van der Waals surface area contributed by atoms with Gasteiger partial charge in [0.05, 0.1) is 11.6 Å². The van der Waals surface area contributed by atoms with Crippen molar-refractivity contribution in [1.29, 1.82) is 0 Å². The smallest absolute Gasteiger partial charge is 0.223 e. The van der Waals surface area contributed by atoms with E-state index in [2.05, 4.69) is 15.7 Å². The number of nitrogens with zero attached hydrogens (tertiary/aromatic N) is 1. The normalized spacial score (nSPS) is 17.0. The number of aromatic nitrogens is 1. The van der Waals surface area contributed by atoms with E-state index in [-0.39, 0.29) is 11.8 Å². The van der Waals surface area contributed by atoms with Crippen molar-refractivity contribution in [2.75, 3.05) is 13.2 Å². The van der Waals surface area contributed by atoms with Crippen molar-refractivity contribution in [1.82, 2.24) is 10.3 Å². The van der Waals surface area contributed by atoms with Crippen LogP contribution in [-0.2, 0) is 17.6 Å². The molecule has 5 heteroatoms. The van der Waals surface area contributed by atoms with Crippen molar-refractivity contribution in [3.05, 3.63) is 45.9 Å². The van der Waals surface area contributed by atoms with Gasteiger partial charge in [-0.05, 0) is 37.8 Å². The SMILES string of the molecule is Cc1csc(CCCNC(=O)[C@@H]2CCOc3ccccc3C2)n1. The Hall–Kier alpha value is -1.88. The number of para-hydroxylation sites is 1. The topological polar surface area (TPSA) is 51.2 Å². The molecule has 122 valence electrons. The zero-order valence-corrected chi connectivity index (χ0v) is 14.2. The number of benzene rings is 1. The van der Waals surface area contributed by atoms with Crippen molar-refractivity contribution in [3.8, 4) is 5.75 Å². The second kappa shape index (κ2) is 7.59. The fourth-order valence-electron chi connectivity index (χ4n) is 2.83. The summed E-state index contributed by atoms with van der Waals surface area (Å²) in [7, 11) is 0. The van der Waals surface area contributed by atoms with E-state index >= 15 is 0 Å². The molecule has 1 amide bonds. The first kappa shape index (κ1) is 16.0. The first-order valence-electron chi connectivity index (χ1n) is 8.12. The van der Waals surface area contributed by atoms with Crippen LogP contribution in [-0.4, -0.2) is 24.0 Å². The summed E-state index contributed by atoms with van der Waals surface area (Å²) in [5.74, 6) is 1.06. The van der Waals surface area contributed by atoms with E-state index in [0.717, 1.165) is 47.7 Å². The highest BCUT2D eigenvalue weighted by atomic mass is 32.1. The highest BCUT2D eigenvalue weighted by Crippen LogP contribution is 2.26. The van der Waals surface area contributed by atoms with Crippen LogP contribution in [0.4, 0.5) is 0 Å². The fraction of sp³-hybridized carbons (Fsp3) is 0.444. The molecule has 0 spiro atoms. The van der Waals surface area contributed by atoms with Gasteiger partial charge in [-0.1, -0.05) is 18.2 Å². The van der Waals surface area contributed by atoms with Crippen LogP contribution in [0.25, 0.3) is 0 Å². The molecule has 0 saturated heterocycles. The van der Waals surface area contributed by atoms with Gasteiger partial charge >= 0.3 is 0 Å². The Morgan fingerprint density at radius 3 is 3.13 bits per heavy atom. The number of amides is 1. The predicted octanol–water partition coefficient (Wildman–Crippen LogP) is 3.14. The van der Waals surface area contributed by atoms with Crippen LogP contribution >= 0.6 is 11.3 Å². The van der Waals surface area contributed by atoms with E-state index in [0.29, 0.717) is 13.2 Å². The second-order valence-corrected chi connectivity index (χ2v) is 6.87. The lowest BCUT2D eigenvalue weighted by atomic mass is 9.96. The lowest BCUT2D eigenvalue weighted by molar-refractivity contribution is -0.125. The molecule has 2 aromatic rings. The van der Waals surface area contributed by atoms with E-state index in [1.165, 1.54) is 0 Å². The van der Waals surface area contributed by atoms with Gasteiger partial charge in [0.1, 0.15) is 5.75 Å². The number of fused-ring (bicyclic) bond motifs is 1. The first-order chi connectivity index (χ1) is 11.2. The molecule has 1 N–H and O–H groups in total. The number of aryl methyl sites for hydroxylation is 2. The maximum Gasteiger partial charge on any atom is 0.223 e. The van der Waals surface area contributed by atoms with Gasteiger partial charge in [0.25, 0.3) is 0 Å². The highest BCUT2D eigenvalue weighted by Gasteiger charge is 2.23. The van der Waals surface area contributed by atoms with Crippen LogP contribution in [0.15, 0.2) is 29.6 Å². The first-order valence-corrected chi connectivity index (χ1v) is 9.00. The summed E-state index contributed by atoms with van der Waals surface area (Å²) in [5.41, 5.74) is 2.20. The van der Waals surface area contributed by atoms with Crippen molar-refractivity contribution in [3.63, 3.8) is 0 Å². The molecule has 3 rings (SSSR count). The summed E-state index contributed by atoms with van der Waals surface area (Å²) in [4.78, 5) is 16.8. The van der Waals surface area contributed by atoms with Crippen molar-refractivity contribution in [2.24, 2.45) is 5.92 Å². The number of ether oxygens (including phenoxy) is 1. The van der Waals surface area contributed by atoms with Gasteiger partial charge in [-0.25, -0.2) is 4.98 Å². The molecular formula is C18H22N2O2S. The van der Waals surface area contributed by atoms with E-state index in [1.807, 2.05) is 31.2 Å². The molecule has 1 aliphatic rings. The van der Waals surface area contributed by atoms with Crippen LogP contribution in [0.5, 0.6) is 5.75 Å². The number of rotatable bonds is 5. The minimum Gasteiger partial charge on any atom is -0.493 e. The Morgan fingerprint density at radius 2 is 2.30 bits per heavy atom. The molecular weight excluding hydrogens is 308 g/mol. The third-order valence-electron chi connectivity index (χ3n) is 4.07. The molecule has 1 atom stereocenters. The molecule has 1 aliphatic heterocycles. The number of carbonyl (C=O) groups is 1. The van der Waals surface area contributed by atoms with Crippen LogP contribution in [0.2, 0.25) is 0 Å². The maximum atomic E-state index is 12.4. The monoisotopic (exact) mass is 330 g/mol. The molecule has 2 heterocycles. The second-order valence-electron chi connectivity index (χ2n) is 5.92.